The van der Waals surface area contributed by atoms with Crippen LogP contribution in [0.2, 0.25) is 4.47 Å². The van der Waals surface area contributed by atoms with Crippen LogP contribution in [0.3, 0.4) is 0 Å². The summed E-state index contributed by atoms with van der Waals surface area (Å²) in [5, 5.41) is 13.5. The highest BCUT2D eigenvalue weighted by molar-refractivity contribution is 9.10. The highest BCUT2D eigenvalue weighted by atomic mass is 79.9. The summed E-state index contributed by atoms with van der Waals surface area (Å²) >= 11 is 9.55. The second-order valence-corrected chi connectivity index (χ2v) is 6.65. The van der Waals surface area contributed by atoms with Crippen LogP contribution in [0.25, 0.3) is 0 Å². The van der Waals surface area contributed by atoms with Gasteiger partial charge in [0, 0.05) is 21.6 Å². The monoisotopic (exact) mass is 415 g/mol. The largest absolute Gasteiger partial charge is 0.418 e. The van der Waals surface area contributed by atoms with Crippen molar-refractivity contribution in [2.75, 3.05) is 5.32 Å². The molecule has 0 spiro atoms. The summed E-state index contributed by atoms with van der Waals surface area (Å²) in [5.74, 6) is 0. The number of aromatic nitrogens is 1. The Morgan fingerprint density at radius 3 is 2.64 bits per heavy atom. The molecule has 0 fully saturated rings. The molecule has 5 nitrogen and oxygen atoms in total. The number of nitro groups is 1. The van der Waals surface area contributed by atoms with Crippen molar-refractivity contribution in [1.82, 2.24) is 4.98 Å². The van der Waals surface area contributed by atoms with Crippen LogP contribution in [0.4, 0.5) is 24.5 Å². The minimum absolute atomic E-state index is 0.0297. The van der Waals surface area contributed by atoms with Crippen molar-refractivity contribution in [3.05, 3.63) is 47.8 Å². The zero-order chi connectivity index (χ0) is 16.5. The van der Waals surface area contributed by atoms with Gasteiger partial charge in [-0.15, -0.1) is 11.3 Å². The van der Waals surface area contributed by atoms with E-state index in [2.05, 4.69) is 26.2 Å². The quantitative estimate of drug-likeness (QED) is 0.556. The third kappa shape index (κ3) is 3.87. The lowest BCUT2D eigenvalue weighted by Crippen LogP contribution is -2.12. The van der Waals surface area contributed by atoms with Gasteiger partial charge in [0.2, 0.25) is 0 Å². The molecule has 1 heterocycles. The Morgan fingerprint density at radius 1 is 1.45 bits per heavy atom. The van der Waals surface area contributed by atoms with Gasteiger partial charge in [-0.05, 0) is 6.07 Å². The van der Waals surface area contributed by atoms with E-state index in [4.69, 9.17) is 11.6 Å². The van der Waals surface area contributed by atoms with E-state index in [1.165, 1.54) is 6.20 Å². The Bertz CT molecular complexity index is 723. The van der Waals surface area contributed by atoms with Gasteiger partial charge in [0.1, 0.15) is 5.69 Å². The lowest BCUT2D eigenvalue weighted by Gasteiger charge is -2.14. The van der Waals surface area contributed by atoms with Crippen LogP contribution in [0.1, 0.15) is 10.4 Å². The summed E-state index contributed by atoms with van der Waals surface area (Å²) in [6.45, 7) is -0.0596. The third-order valence-corrected chi connectivity index (χ3v) is 4.12. The second-order valence-electron chi connectivity index (χ2n) is 4.04. The Hall–Kier alpha value is -1.39. The van der Waals surface area contributed by atoms with Crippen LogP contribution >= 0.6 is 38.9 Å². The molecular weight excluding hydrogens is 411 g/mol. The van der Waals surface area contributed by atoms with Crippen LogP contribution < -0.4 is 5.32 Å². The Balaban J connectivity index is 2.44. The molecule has 0 radical (unpaired) electrons. The fourth-order valence-corrected chi connectivity index (χ4v) is 3.05. The van der Waals surface area contributed by atoms with E-state index in [1.807, 2.05) is 0 Å². The molecule has 1 aromatic heterocycles. The van der Waals surface area contributed by atoms with E-state index in [-0.39, 0.29) is 15.5 Å². The molecule has 11 heteroatoms. The van der Waals surface area contributed by atoms with E-state index in [0.717, 1.165) is 23.5 Å². The predicted octanol–water partition coefficient (Wildman–Crippen LogP) is 5.10. The van der Waals surface area contributed by atoms with Gasteiger partial charge in [0.25, 0.3) is 5.69 Å². The number of halogens is 5. The molecule has 0 amide bonds. The van der Waals surface area contributed by atoms with Crippen LogP contribution in [0.15, 0.2) is 22.8 Å². The summed E-state index contributed by atoms with van der Waals surface area (Å²) in [4.78, 5) is 14.4. The first-order chi connectivity index (χ1) is 10.2. The van der Waals surface area contributed by atoms with Crippen molar-refractivity contribution >= 4 is 50.2 Å². The minimum atomic E-state index is -4.73. The molecule has 0 saturated heterocycles. The summed E-state index contributed by atoms with van der Waals surface area (Å²) in [7, 11) is 0. The van der Waals surface area contributed by atoms with E-state index in [9.17, 15) is 23.3 Å². The molecule has 118 valence electrons. The van der Waals surface area contributed by atoms with Crippen molar-refractivity contribution in [3.63, 3.8) is 0 Å². The maximum atomic E-state index is 13.1. The average Bonchev–Trinajstić information content (AvgIpc) is 2.81. The zero-order valence-electron chi connectivity index (χ0n) is 10.4. The van der Waals surface area contributed by atoms with Gasteiger partial charge in [-0.3, -0.25) is 10.1 Å². The maximum absolute atomic E-state index is 13.1. The van der Waals surface area contributed by atoms with Crippen molar-refractivity contribution in [1.29, 1.82) is 0 Å². The van der Waals surface area contributed by atoms with Gasteiger partial charge in [-0.1, -0.05) is 27.5 Å². The molecule has 1 aromatic carbocycles. The van der Waals surface area contributed by atoms with Crippen molar-refractivity contribution in [2.24, 2.45) is 0 Å². The smallest absolute Gasteiger partial charge is 0.374 e. The first-order valence-electron chi connectivity index (χ1n) is 5.57. The van der Waals surface area contributed by atoms with E-state index in [0.29, 0.717) is 4.88 Å². The molecule has 0 aliphatic rings. The van der Waals surface area contributed by atoms with Crippen LogP contribution in [-0.4, -0.2) is 9.91 Å². The molecule has 0 unspecified atom stereocenters. The number of benzene rings is 1. The fraction of sp³-hybridized carbons (Fsp3) is 0.182. The number of rotatable bonds is 4. The summed E-state index contributed by atoms with van der Waals surface area (Å²) in [5.41, 5.74) is -2.38. The zero-order valence-corrected chi connectivity index (χ0v) is 13.6. The summed E-state index contributed by atoms with van der Waals surface area (Å²) in [6, 6.07) is 1.80. The van der Waals surface area contributed by atoms with Crippen molar-refractivity contribution < 1.29 is 18.1 Å². The molecule has 0 bridgehead atoms. The SMILES string of the molecule is O=[N+]([O-])c1cc(Br)cc(C(F)(F)F)c1NCc1cnc(Cl)s1. The molecule has 0 saturated carbocycles. The Morgan fingerprint density at radius 2 is 2.14 bits per heavy atom. The van der Waals surface area contributed by atoms with Gasteiger partial charge < -0.3 is 5.32 Å². The van der Waals surface area contributed by atoms with Crippen molar-refractivity contribution in [3.8, 4) is 0 Å². The minimum Gasteiger partial charge on any atom is -0.374 e. The summed E-state index contributed by atoms with van der Waals surface area (Å²) < 4.78 is 39.5. The molecule has 2 aromatic rings. The highest BCUT2D eigenvalue weighted by Gasteiger charge is 2.37. The number of nitrogens with zero attached hydrogens (tertiary/aromatic N) is 2. The fourth-order valence-electron chi connectivity index (χ4n) is 1.69. The van der Waals surface area contributed by atoms with E-state index < -0.39 is 28.0 Å². The normalized spacial score (nSPS) is 11.5. The van der Waals surface area contributed by atoms with Crippen LogP contribution in [0.5, 0.6) is 0 Å². The number of anilines is 1. The third-order valence-electron chi connectivity index (χ3n) is 2.55. The van der Waals surface area contributed by atoms with Crippen LogP contribution in [-0.2, 0) is 12.7 Å². The van der Waals surface area contributed by atoms with Gasteiger partial charge in [-0.2, -0.15) is 13.2 Å². The lowest BCUT2D eigenvalue weighted by atomic mass is 10.1. The second kappa shape index (κ2) is 6.39. The molecule has 0 aliphatic carbocycles. The van der Waals surface area contributed by atoms with Crippen LogP contribution in [0, 0.1) is 10.1 Å². The number of hydrogen-bond donors (Lipinski definition) is 1. The Labute approximate surface area is 139 Å². The molecule has 1 N–H and O–H groups in total. The highest BCUT2D eigenvalue weighted by Crippen LogP contribution is 2.42. The number of nitrogens with one attached hydrogen (secondary N) is 1. The number of alkyl halides is 3. The van der Waals surface area contributed by atoms with Gasteiger partial charge >= 0.3 is 6.18 Å². The molecule has 0 atom stereocenters. The first kappa shape index (κ1) is 17.0. The number of thiazole rings is 1. The average molecular weight is 417 g/mol. The molecule has 0 aliphatic heterocycles. The predicted molar refractivity (Wildman–Crippen MR) is 80.2 cm³/mol. The standard InChI is InChI=1S/C11H6BrClF3N3O2S/c12-5-1-7(11(14,15)16)9(8(2-5)19(20)21)17-3-6-4-18-10(13)22-6/h1-2,4,17H,3H2. The number of hydrogen-bond acceptors (Lipinski definition) is 5. The topological polar surface area (TPSA) is 68.1 Å². The molecular formula is C11H6BrClF3N3O2S. The molecule has 22 heavy (non-hydrogen) atoms. The lowest BCUT2D eigenvalue weighted by molar-refractivity contribution is -0.384. The van der Waals surface area contributed by atoms with E-state index in [1.54, 1.807) is 0 Å². The summed E-state index contributed by atoms with van der Waals surface area (Å²) in [6.07, 6.45) is -3.35. The van der Waals surface area contributed by atoms with Gasteiger partial charge in [-0.25, -0.2) is 4.98 Å². The van der Waals surface area contributed by atoms with Gasteiger partial charge in [0.15, 0.2) is 4.47 Å². The first-order valence-corrected chi connectivity index (χ1v) is 7.56. The number of nitro benzene ring substituents is 1. The Kier molecular flexibility index (Phi) is 4.93. The van der Waals surface area contributed by atoms with Crippen molar-refractivity contribution in [2.45, 2.75) is 12.7 Å². The van der Waals surface area contributed by atoms with Gasteiger partial charge in [0.05, 0.1) is 17.0 Å². The van der Waals surface area contributed by atoms with E-state index >= 15 is 0 Å². The maximum Gasteiger partial charge on any atom is 0.418 e. The molecule has 2 rings (SSSR count).